The number of anilines is 1. The molecule has 8 nitrogen and oxygen atoms in total. The van der Waals surface area contributed by atoms with Crippen LogP contribution in [0.5, 0.6) is 0 Å². The van der Waals surface area contributed by atoms with Gasteiger partial charge >= 0.3 is 6.03 Å². The Balaban J connectivity index is 0.00000141. The number of rotatable bonds is 7. The lowest BCUT2D eigenvalue weighted by molar-refractivity contribution is 0.252. The van der Waals surface area contributed by atoms with Gasteiger partial charge in [0, 0.05) is 25.4 Å². The van der Waals surface area contributed by atoms with Gasteiger partial charge in [-0.05, 0) is 37.0 Å². The minimum absolute atomic E-state index is 0.280. The van der Waals surface area contributed by atoms with Gasteiger partial charge in [-0.15, -0.1) is 0 Å². The lowest BCUT2D eigenvalue weighted by Crippen LogP contribution is -2.29. The number of carbonyl (C=O) groups excluding carboxylic acids is 1. The van der Waals surface area contributed by atoms with Gasteiger partial charge < -0.3 is 5.32 Å². The maximum absolute atomic E-state index is 12.2. The summed E-state index contributed by atoms with van der Waals surface area (Å²) in [7, 11) is 1.85. The van der Waals surface area contributed by atoms with Gasteiger partial charge in [-0.3, -0.25) is 15.0 Å². The largest absolute Gasteiger partial charge is 0.338 e. The third-order valence-electron chi connectivity index (χ3n) is 4.67. The summed E-state index contributed by atoms with van der Waals surface area (Å²) < 4.78 is 1.71. The second-order valence-corrected chi connectivity index (χ2v) is 7.02. The smallest absolute Gasteiger partial charge is 0.320 e. The fourth-order valence-corrected chi connectivity index (χ4v) is 3.12. The molecule has 0 atom stereocenters. The van der Waals surface area contributed by atoms with E-state index in [9.17, 15) is 4.79 Å². The van der Waals surface area contributed by atoms with Gasteiger partial charge in [0.15, 0.2) is 5.65 Å². The Morgan fingerprint density at radius 3 is 2.56 bits per heavy atom. The summed E-state index contributed by atoms with van der Waals surface area (Å²) in [5.41, 5.74) is 3.99. The quantitative estimate of drug-likeness (QED) is 0.417. The van der Waals surface area contributed by atoms with Crippen LogP contribution in [0.15, 0.2) is 61.1 Å². The number of nitrogens with one attached hydrogen (secondary N) is 2. The number of benzene rings is 1. The van der Waals surface area contributed by atoms with Crippen molar-refractivity contribution in [3.63, 3.8) is 0 Å². The van der Waals surface area contributed by atoms with Crippen LogP contribution in [-0.4, -0.2) is 37.3 Å². The zero-order valence-corrected chi connectivity index (χ0v) is 18.7. The highest BCUT2D eigenvalue weighted by molar-refractivity contribution is 5.89. The molecule has 8 heteroatoms. The summed E-state index contributed by atoms with van der Waals surface area (Å²) in [6.07, 6.45) is 8.22. The number of amides is 2. The van der Waals surface area contributed by atoms with Gasteiger partial charge in [-0.25, -0.2) is 14.8 Å². The van der Waals surface area contributed by atoms with Crippen molar-refractivity contribution in [3.8, 4) is 11.3 Å². The number of hydrogen-bond acceptors (Lipinski definition) is 5. The van der Waals surface area contributed by atoms with Crippen molar-refractivity contribution in [3.05, 3.63) is 66.6 Å². The summed E-state index contributed by atoms with van der Waals surface area (Å²) >= 11 is 0. The average molecular weight is 432 g/mol. The Bertz CT molecular complexity index is 1140. The van der Waals surface area contributed by atoms with Gasteiger partial charge in [-0.2, -0.15) is 5.10 Å². The summed E-state index contributed by atoms with van der Waals surface area (Å²) in [4.78, 5) is 25.5. The summed E-state index contributed by atoms with van der Waals surface area (Å²) in [5, 5.41) is 9.78. The fourth-order valence-electron chi connectivity index (χ4n) is 3.12. The van der Waals surface area contributed by atoms with Crippen molar-refractivity contribution in [2.45, 2.75) is 33.1 Å². The molecule has 0 fully saturated rings. The second-order valence-electron chi connectivity index (χ2n) is 7.02. The third-order valence-corrected chi connectivity index (χ3v) is 4.67. The number of aryl methyl sites for hydroxylation is 2. The van der Waals surface area contributed by atoms with Crippen LogP contribution < -0.4 is 10.6 Å². The molecule has 0 aliphatic rings. The van der Waals surface area contributed by atoms with Gasteiger partial charge in [0.05, 0.1) is 18.1 Å². The van der Waals surface area contributed by atoms with Crippen molar-refractivity contribution in [1.82, 2.24) is 30.0 Å². The van der Waals surface area contributed by atoms with E-state index < -0.39 is 0 Å². The minimum atomic E-state index is -0.280. The number of aromatic nitrogens is 5. The van der Waals surface area contributed by atoms with Crippen LogP contribution in [0.25, 0.3) is 22.4 Å². The molecule has 0 aliphatic heterocycles. The number of nitrogens with zero attached hydrogens (tertiary/aromatic N) is 5. The van der Waals surface area contributed by atoms with Crippen LogP contribution in [0.4, 0.5) is 10.6 Å². The topological polar surface area (TPSA) is 97.6 Å². The van der Waals surface area contributed by atoms with E-state index in [2.05, 4.69) is 42.8 Å². The number of hydrogen-bond donors (Lipinski definition) is 2. The molecule has 0 spiro atoms. The molecular weight excluding hydrogens is 402 g/mol. The first kappa shape index (κ1) is 22.9. The highest BCUT2D eigenvalue weighted by atomic mass is 16.2. The first-order valence-corrected chi connectivity index (χ1v) is 10.9. The minimum Gasteiger partial charge on any atom is -0.338 e. The van der Waals surface area contributed by atoms with E-state index in [1.165, 1.54) is 5.56 Å². The average Bonchev–Trinajstić information content (AvgIpc) is 3.26. The standard InChI is InChI=1S/C22H23N7O.C2H6/c1-29-15-17(13-25-29)19-14-24-18-10-11-20(27-21(18)26-19)28-22(30)23-12-6-5-9-16-7-3-2-4-8-16;1-2/h2-4,7-8,10-11,13-15H,5-6,9,12H2,1H3,(H2,23,26,27,28,30);1-2H3. The zero-order chi connectivity index (χ0) is 22.8. The SMILES string of the molecule is CC.Cn1cc(-c2cnc3ccc(NC(=O)NCCCCc4ccccc4)nc3n2)cn1. The van der Waals surface area contributed by atoms with Crippen molar-refractivity contribution in [1.29, 1.82) is 0 Å². The maximum atomic E-state index is 12.2. The fraction of sp³-hybridized carbons (Fsp3) is 0.292. The van der Waals surface area contributed by atoms with Crippen LogP contribution in [0.1, 0.15) is 32.3 Å². The van der Waals surface area contributed by atoms with E-state index in [4.69, 9.17) is 0 Å². The number of carbonyl (C=O) groups is 1. The predicted octanol–water partition coefficient (Wildman–Crippen LogP) is 4.60. The Kier molecular flexibility index (Phi) is 8.25. The predicted molar refractivity (Wildman–Crippen MR) is 127 cm³/mol. The first-order chi connectivity index (χ1) is 15.7. The zero-order valence-electron chi connectivity index (χ0n) is 18.7. The van der Waals surface area contributed by atoms with Crippen LogP contribution >= 0.6 is 0 Å². The normalized spacial score (nSPS) is 10.3. The second kappa shape index (κ2) is 11.5. The van der Waals surface area contributed by atoms with Crippen molar-refractivity contribution >= 4 is 23.0 Å². The summed E-state index contributed by atoms with van der Waals surface area (Å²) in [6, 6.07) is 13.6. The van der Waals surface area contributed by atoms with Crippen LogP contribution in [0.3, 0.4) is 0 Å². The van der Waals surface area contributed by atoms with Crippen LogP contribution in [0, 0.1) is 0 Å². The van der Waals surface area contributed by atoms with E-state index in [1.54, 1.807) is 29.2 Å². The van der Waals surface area contributed by atoms with Gasteiger partial charge in [0.2, 0.25) is 0 Å². The number of fused-ring (bicyclic) bond motifs is 1. The molecular formula is C24H29N7O. The molecule has 0 unspecified atom stereocenters. The Morgan fingerprint density at radius 2 is 1.81 bits per heavy atom. The molecule has 32 heavy (non-hydrogen) atoms. The highest BCUT2D eigenvalue weighted by Gasteiger charge is 2.08. The van der Waals surface area contributed by atoms with Crippen LogP contribution in [0.2, 0.25) is 0 Å². The molecule has 0 saturated carbocycles. The number of unbranched alkanes of at least 4 members (excludes halogenated alkanes) is 1. The number of urea groups is 1. The lowest BCUT2D eigenvalue weighted by atomic mass is 10.1. The van der Waals surface area contributed by atoms with Crippen LogP contribution in [-0.2, 0) is 13.5 Å². The maximum Gasteiger partial charge on any atom is 0.320 e. The molecule has 4 aromatic rings. The molecule has 4 rings (SSSR count). The molecule has 0 aliphatic carbocycles. The molecule has 3 heterocycles. The lowest BCUT2D eigenvalue weighted by Gasteiger charge is -2.08. The number of pyridine rings is 1. The molecule has 0 radical (unpaired) electrons. The van der Waals surface area contributed by atoms with Crippen molar-refractivity contribution < 1.29 is 4.79 Å². The van der Waals surface area contributed by atoms with E-state index in [1.807, 2.05) is 45.3 Å². The van der Waals surface area contributed by atoms with Gasteiger partial charge in [0.25, 0.3) is 0 Å². The Labute approximate surface area is 188 Å². The molecule has 1 aromatic carbocycles. The summed E-state index contributed by atoms with van der Waals surface area (Å²) in [5.74, 6) is 0.432. The van der Waals surface area contributed by atoms with Gasteiger partial charge in [0.1, 0.15) is 11.3 Å². The first-order valence-electron chi connectivity index (χ1n) is 10.9. The molecule has 0 bridgehead atoms. The molecule has 166 valence electrons. The van der Waals surface area contributed by atoms with Crippen molar-refractivity contribution in [2.24, 2.45) is 7.05 Å². The van der Waals surface area contributed by atoms with E-state index in [0.29, 0.717) is 29.2 Å². The summed E-state index contributed by atoms with van der Waals surface area (Å²) in [6.45, 7) is 4.61. The van der Waals surface area contributed by atoms with E-state index in [0.717, 1.165) is 24.8 Å². The molecule has 2 amide bonds. The Morgan fingerprint density at radius 1 is 1.00 bits per heavy atom. The molecule has 0 saturated heterocycles. The van der Waals surface area contributed by atoms with E-state index >= 15 is 0 Å². The van der Waals surface area contributed by atoms with E-state index in [-0.39, 0.29) is 6.03 Å². The van der Waals surface area contributed by atoms with Crippen molar-refractivity contribution in [2.75, 3.05) is 11.9 Å². The molecule has 2 N–H and O–H groups in total. The highest BCUT2D eigenvalue weighted by Crippen LogP contribution is 2.18. The van der Waals surface area contributed by atoms with Gasteiger partial charge in [-0.1, -0.05) is 44.2 Å². The Hall–Kier alpha value is -3.81. The third kappa shape index (κ3) is 6.34. The monoisotopic (exact) mass is 431 g/mol. The molecule has 3 aromatic heterocycles.